The van der Waals surface area contributed by atoms with Crippen molar-refractivity contribution in [1.29, 1.82) is 0 Å². The first-order valence-electron chi connectivity index (χ1n) is 17.3. The summed E-state index contributed by atoms with van der Waals surface area (Å²) in [5.41, 5.74) is 8.91. The van der Waals surface area contributed by atoms with Crippen LogP contribution in [0.1, 0.15) is 0 Å². The molecule has 3 heteroatoms. The fourth-order valence-electron chi connectivity index (χ4n) is 7.46. The van der Waals surface area contributed by atoms with Gasteiger partial charge in [-0.1, -0.05) is 146 Å². The van der Waals surface area contributed by atoms with Crippen molar-refractivity contribution in [3.05, 3.63) is 188 Å². The van der Waals surface area contributed by atoms with E-state index in [1.54, 1.807) is 0 Å². The zero-order chi connectivity index (χ0) is 33.7. The summed E-state index contributed by atoms with van der Waals surface area (Å²) in [6.45, 7) is 0. The largest absolute Gasteiger partial charge is 0.310 e. The average Bonchev–Trinajstić information content (AvgIpc) is 3.20. The summed E-state index contributed by atoms with van der Waals surface area (Å²) < 4.78 is 0. The van der Waals surface area contributed by atoms with Gasteiger partial charge in [-0.15, -0.1) is 0 Å². The first kappa shape index (κ1) is 29.1. The number of aromatic nitrogens is 2. The van der Waals surface area contributed by atoms with Gasteiger partial charge in [0.2, 0.25) is 0 Å². The Morgan fingerprint density at radius 2 is 0.784 bits per heavy atom. The lowest BCUT2D eigenvalue weighted by atomic mass is 9.98. The highest BCUT2D eigenvalue weighted by Crippen LogP contribution is 2.41. The van der Waals surface area contributed by atoms with Crippen LogP contribution in [0, 0.1) is 0 Å². The Hall–Kier alpha value is -6.84. The van der Waals surface area contributed by atoms with E-state index in [4.69, 9.17) is 9.97 Å². The minimum Gasteiger partial charge on any atom is -0.310 e. The second kappa shape index (κ2) is 11.9. The van der Waals surface area contributed by atoms with Crippen molar-refractivity contribution in [1.82, 2.24) is 9.97 Å². The fourth-order valence-corrected chi connectivity index (χ4v) is 7.46. The molecule has 9 aromatic carbocycles. The SMILES string of the molecule is c1ccc(-c2nc3ccc4ccc5ccc(N(c6ccc7ccccc7c6)c6ccc7ccccc7c6)cc5c4c3nc2-c2ccccc2)cc1. The summed E-state index contributed by atoms with van der Waals surface area (Å²) in [6.07, 6.45) is 0. The molecule has 0 aliphatic rings. The molecule has 10 rings (SSSR count). The number of benzene rings is 9. The molecule has 0 amide bonds. The molecule has 0 saturated heterocycles. The van der Waals surface area contributed by atoms with E-state index in [2.05, 4.69) is 181 Å². The molecule has 0 fully saturated rings. The van der Waals surface area contributed by atoms with Crippen LogP contribution in [-0.2, 0) is 0 Å². The zero-order valence-electron chi connectivity index (χ0n) is 27.7. The molecule has 0 spiro atoms. The van der Waals surface area contributed by atoms with Crippen molar-refractivity contribution in [2.45, 2.75) is 0 Å². The van der Waals surface area contributed by atoms with Crippen LogP contribution in [0.5, 0.6) is 0 Å². The Morgan fingerprint density at radius 1 is 0.333 bits per heavy atom. The van der Waals surface area contributed by atoms with Crippen LogP contribution in [-0.4, -0.2) is 9.97 Å². The highest BCUT2D eigenvalue weighted by molar-refractivity contribution is 6.19. The molecule has 0 aliphatic heterocycles. The Balaban J connectivity index is 1.24. The van der Waals surface area contributed by atoms with Crippen LogP contribution in [0.15, 0.2) is 188 Å². The maximum absolute atomic E-state index is 5.48. The van der Waals surface area contributed by atoms with Crippen molar-refractivity contribution in [3.8, 4) is 22.5 Å². The molecule has 1 heterocycles. The Morgan fingerprint density at radius 3 is 1.39 bits per heavy atom. The lowest BCUT2D eigenvalue weighted by Crippen LogP contribution is -2.10. The molecule has 0 saturated carbocycles. The van der Waals surface area contributed by atoms with E-state index >= 15 is 0 Å². The first-order chi connectivity index (χ1) is 25.3. The van der Waals surface area contributed by atoms with Crippen molar-refractivity contribution in [3.63, 3.8) is 0 Å². The molecule has 51 heavy (non-hydrogen) atoms. The van der Waals surface area contributed by atoms with E-state index < -0.39 is 0 Å². The molecule has 0 atom stereocenters. The Bertz CT molecular complexity index is 2840. The van der Waals surface area contributed by atoms with Crippen LogP contribution in [0.4, 0.5) is 17.1 Å². The predicted octanol–water partition coefficient (Wildman–Crippen LogP) is 13.0. The van der Waals surface area contributed by atoms with Gasteiger partial charge in [0.1, 0.15) is 0 Å². The number of nitrogens with zero attached hydrogens (tertiary/aromatic N) is 3. The maximum Gasteiger partial charge on any atom is 0.0979 e. The summed E-state index contributed by atoms with van der Waals surface area (Å²) >= 11 is 0. The number of rotatable bonds is 5. The number of fused-ring (bicyclic) bond motifs is 7. The third-order valence-corrected chi connectivity index (χ3v) is 9.95. The molecule has 0 radical (unpaired) electrons. The van der Waals surface area contributed by atoms with Crippen LogP contribution < -0.4 is 4.90 Å². The van der Waals surface area contributed by atoms with Crippen LogP contribution >= 0.6 is 0 Å². The van der Waals surface area contributed by atoms with Crippen LogP contribution in [0.3, 0.4) is 0 Å². The topological polar surface area (TPSA) is 29.0 Å². The average molecular weight is 650 g/mol. The van der Waals surface area contributed by atoms with Crippen LogP contribution in [0.2, 0.25) is 0 Å². The van der Waals surface area contributed by atoms with Gasteiger partial charge in [-0.2, -0.15) is 0 Å². The molecule has 0 unspecified atom stereocenters. The third-order valence-electron chi connectivity index (χ3n) is 9.95. The summed E-state index contributed by atoms with van der Waals surface area (Å²) in [7, 11) is 0. The third kappa shape index (κ3) is 5.06. The lowest BCUT2D eigenvalue weighted by molar-refractivity contribution is 1.30. The minimum absolute atomic E-state index is 0.875. The molecule has 10 aromatic rings. The highest BCUT2D eigenvalue weighted by Gasteiger charge is 2.18. The molecule has 0 N–H and O–H groups in total. The van der Waals surface area contributed by atoms with Crippen molar-refractivity contribution < 1.29 is 0 Å². The molecular formula is C48H31N3. The Labute approximate surface area is 295 Å². The van der Waals surface area contributed by atoms with E-state index in [-0.39, 0.29) is 0 Å². The lowest BCUT2D eigenvalue weighted by Gasteiger charge is -2.27. The molecule has 1 aromatic heterocycles. The maximum atomic E-state index is 5.48. The van der Waals surface area contributed by atoms with Gasteiger partial charge < -0.3 is 4.90 Å². The van der Waals surface area contributed by atoms with Gasteiger partial charge in [0.25, 0.3) is 0 Å². The molecule has 0 aliphatic carbocycles. The normalized spacial score (nSPS) is 11.5. The standard InChI is InChI=1S/C48H31N3/c1-3-13-36(14-4-1)46-47(37-15-5-2-6-16-37)50-48-44(49-46)28-24-35-20-19-34-23-27-42(31-43(34)45(35)48)51(40-25-21-32-11-7-9-17-38(32)29-40)41-26-22-33-12-8-10-18-39(33)30-41/h1-31H. The van der Waals surface area contributed by atoms with E-state index in [1.807, 2.05) is 12.1 Å². The van der Waals surface area contributed by atoms with E-state index in [0.29, 0.717) is 0 Å². The van der Waals surface area contributed by atoms with Gasteiger partial charge in [-0.05, 0) is 80.2 Å². The van der Waals surface area contributed by atoms with Gasteiger partial charge in [0.05, 0.1) is 22.4 Å². The van der Waals surface area contributed by atoms with Crippen molar-refractivity contribution in [2.24, 2.45) is 0 Å². The first-order valence-corrected chi connectivity index (χ1v) is 17.3. The van der Waals surface area contributed by atoms with Gasteiger partial charge in [0, 0.05) is 33.6 Å². The van der Waals surface area contributed by atoms with Gasteiger partial charge in [-0.25, -0.2) is 9.97 Å². The fraction of sp³-hybridized carbons (Fsp3) is 0. The molecule has 238 valence electrons. The van der Waals surface area contributed by atoms with Gasteiger partial charge in [-0.3, -0.25) is 0 Å². The second-order valence-electron chi connectivity index (χ2n) is 13.1. The number of hydrogen-bond donors (Lipinski definition) is 0. The highest BCUT2D eigenvalue weighted by atomic mass is 15.1. The summed E-state index contributed by atoms with van der Waals surface area (Å²) in [5, 5.41) is 9.39. The number of hydrogen-bond acceptors (Lipinski definition) is 3. The van der Waals surface area contributed by atoms with Crippen molar-refractivity contribution in [2.75, 3.05) is 4.90 Å². The van der Waals surface area contributed by atoms with Crippen LogP contribution in [0.25, 0.3) is 76.6 Å². The van der Waals surface area contributed by atoms with Gasteiger partial charge in [0.15, 0.2) is 0 Å². The molecule has 0 bridgehead atoms. The Kier molecular flexibility index (Phi) is 6.81. The smallest absolute Gasteiger partial charge is 0.0979 e. The van der Waals surface area contributed by atoms with Crippen molar-refractivity contribution >= 4 is 71.2 Å². The van der Waals surface area contributed by atoms with E-state index in [1.165, 1.54) is 21.5 Å². The second-order valence-corrected chi connectivity index (χ2v) is 13.1. The minimum atomic E-state index is 0.875. The summed E-state index contributed by atoms with van der Waals surface area (Å²) in [4.78, 5) is 13.2. The summed E-state index contributed by atoms with van der Waals surface area (Å²) in [6, 6.07) is 66.9. The van der Waals surface area contributed by atoms with E-state index in [9.17, 15) is 0 Å². The predicted molar refractivity (Wildman–Crippen MR) is 215 cm³/mol. The van der Waals surface area contributed by atoms with E-state index in [0.717, 1.165) is 72.2 Å². The quantitative estimate of drug-likeness (QED) is 0.174. The molecular weight excluding hydrogens is 619 g/mol. The zero-order valence-corrected chi connectivity index (χ0v) is 27.7. The monoisotopic (exact) mass is 649 g/mol. The molecule has 3 nitrogen and oxygen atoms in total. The number of anilines is 3. The summed E-state index contributed by atoms with van der Waals surface area (Å²) in [5.74, 6) is 0. The van der Waals surface area contributed by atoms with Gasteiger partial charge >= 0.3 is 0 Å².